The Labute approximate surface area is 129 Å². The van der Waals surface area contributed by atoms with E-state index in [0.717, 1.165) is 30.5 Å². The lowest BCUT2D eigenvalue weighted by molar-refractivity contribution is 0.0932. The van der Waals surface area contributed by atoms with Crippen LogP contribution in [0.15, 0.2) is 36.8 Å². The summed E-state index contributed by atoms with van der Waals surface area (Å²) in [7, 11) is 0. The number of benzene rings is 1. The molecule has 0 unspecified atom stereocenters. The van der Waals surface area contributed by atoms with E-state index >= 15 is 0 Å². The molecular weight excluding hydrogens is 278 g/mol. The van der Waals surface area contributed by atoms with Crippen molar-refractivity contribution in [3.05, 3.63) is 53.6 Å². The molecule has 0 fully saturated rings. The van der Waals surface area contributed by atoms with Crippen LogP contribution in [0.2, 0.25) is 0 Å². The Morgan fingerprint density at radius 3 is 3.23 bits per heavy atom. The molecule has 1 N–H and O–H groups in total. The minimum atomic E-state index is -0.0942. The second kappa shape index (κ2) is 6.56. The Kier molecular flexibility index (Phi) is 4.32. The van der Waals surface area contributed by atoms with Crippen molar-refractivity contribution in [1.29, 1.82) is 0 Å². The summed E-state index contributed by atoms with van der Waals surface area (Å²) < 4.78 is 5.44. The molecule has 1 heterocycles. The molecule has 2 aromatic rings. The molecule has 3 rings (SSSR count). The summed E-state index contributed by atoms with van der Waals surface area (Å²) in [5, 5.41) is 3.09. The van der Waals surface area contributed by atoms with Crippen LogP contribution < -0.4 is 10.1 Å². The molecule has 1 amide bonds. The Morgan fingerprint density at radius 1 is 1.45 bits per heavy atom. The number of nitrogens with one attached hydrogen (secondary N) is 1. The smallest absolute Gasteiger partial charge is 0.251 e. The van der Waals surface area contributed by atoms with E-state index in [4.69, 9.17) is 4.74 Å². The van der Waals surface area contributed by atoms with Crippen molar-refractivity contribution in [3.8, 4) is 5.75 Å². The van der Waals surface area contributed by atoms with Gasteiger partial charge < -0.3 is 10.1 Å². The number of aryl methyl sites for hydroxylation is 1. The molecule has 5 nitrogen and oxygen atoms in total. The van der Waals surface area contributed by atoms with Crippen LogP contribution in [-0.4, -0.2) is 22.5 Å². The highest BCUT2D eigenvalue weighted by Crippen LogP contribution is 2.27. The van der Waals surface area contributed by atoms with Crippen molar-refractivity contribution in [2.24, 2.45) is 0 Å². The number of amides is 1. The predicted molar refractivity (Wildman–Crippen MR) is 82.8 cm³/mol. The number of aromatic nitrogens is 2. The number of nitrogens with zero attached hydrogens (tertiary/aromatic N) is 2. The van der Waals surface area contributed by atoms with Crippen molar-refractivity contribution in [2.75, 3.05) is 6.61 Å². The molecule has 0 saturated heterocycles. The Balaban J connectivity index is 1.76. The predicted octanol–water partition coefficient (Wildman–Crippen LogP) is 2.68. The third kappa shape index (κ3) is 3.08. The minimum Gasteiger partial charge on any atom is -0.494 e. The number of ether oxygens (including phenoxy) is 1. The Bertz CT molecular complexity index is 672. The molecule has 22 heavy (non-hydrogen) atoms. The molecule has 5 heteroatoms. The third-order valence-corrected chi connectivity index (χ3v) is 3.82. The highest BCUT2D eigenvalue weighted by molar-refractivity contribution is 5.94. The zero-order chi connectivity index (χ0) is 15.4. The summed E-state index contributed by atoms with van der Waals surface area (Å²) in [5.41, 5.74) is 2.67. The van der Waals surface area contributed by atoms with Gasteiger partial charge in [0, 0.05) is 23.0 Å². The zero-order valence-corrected chi connectivity index (χ0v) is 12.6. The highest BCUT2D eigenvalue weighted by atomic mass is 16.5. The number of fused-ring (bicyclic) bond motifs is 1. The van der Waals surface area contributed by atoms with Gasteiger partial charge in [-0.15, -0.1) is 0 Å². The van der Waals surface area contributed by atoms with E-state index in [1.54, 1.807) is 18.5 Å². The molecule has 1 aromatic carbocycles. The second-order valence-corrected chi connectivity index (χ2v) is 5.30. The number of carbonyl (C=O) groups excluding carboxylic acids is 1. The van der Waals surface area contributed by atoms with Crippen molar-refractivity contribution < 1.29 is 9.53 Å². The van der Waals surface area contributed by atoms with E-state index in [9.17, 15) is 4.79 Å². The molecule has 0 aliphatic heterocycles. The number of carbonyl (C=O) groups is 1. The summed E-state index contributed by atoms with van der Waals surface area (Å²) in [6.45, 7) is 2.50. The van der Waals surface area contributed by atoms with Gasteiger partial charge in [0.15, 0.2) is 0 Å². The van der Waals surface area contributed by atoms with Crippen LogP contribution in [0.1, 0.15) is 47.4 Å². The summed E-state index contributed by atoms with van der Waals surface area (Å²) in [6.07, 6.45) is 6.26. The van der Waals surface area contributed by atoms with Gasteiger partial charge in [0.25, 0.3) is 5.91 Å². The maximum absolute atomic E-state index is 12.5. The molecule has 114 valence electrons. The van der Waals surface area contributed by atoms with Crippen LogP contribution in [0.3, 0.4) is 0 Å². The molecule has 1 aliphatic carbocycles. The Morgan fingerprint density at radius 2 is 2.36 bits per heavy atom. The highest BCUT2D eigenvalue weighted by Gasteiger charge is 2.23. The van der Waals surface area contributed by atoms with E-state index in [1.165, 1.54) is 0 Å². The average Bonchev–Trinajstić information content (AvgIpc) is 2.56. The van der Waals surface area contributed by atoms with Crippen LogP contribution in [0.25, 0.3) is 0 Å². The largest absolute Gasteiger partial charge is 0.494 e. The fourth-order valence-electron chi connectivity index (χ4n) is 2.78. The van der Waals surface area contributed by atoms with Crippen LogP contribution in [0.5, 0.6) is 5.75 Å². The molecule has 0 spiro atoms. The normalized spacial score (nSPS) is 16.7. The first kappa shape index (κ1) is 14.5. The molecule has 0 bridgehead atoms. The van der Waals surface area contributed by atoms with Gasteiger partial charge in [-0.3, -0.25) is 4.79 Å². The topological polar surface area (TPSA) is 64.1 Å². The minimum absolute atomic E-state index is 0.0202. The van der Waals surface area contributed by atoms with Gasteiger partial charge in [-0.05, 0) is 44.4 Å². The molecule has 1 aliphatic rings. The lowest BCUT2D eigenvalue weighted by Crippen LogP contribution is -2.31. The van der Waals surface area contributed by atoms with Crippen molar-refractivity contribution in [1.82, 2.24) is 15.3 Å². The first-order valence-corrected chi connectivity index (χ1v) is 7.60. The second-order valence-electron chi connectivity index (χ2n) is 5.30. The summed E-state index contributed by atoms with van der Waals surface area (Å²) in [6, 6.07) is 7.22. The molecular formula is C17H19N3O2. The monoisotopic (exact) mass is 297 g/mol. The van der Waals surface area contributed by atoms with E-state index in [0.29, 0.717) is 17.9 Å². The molecule has 0 saturated carbocycles. The summed E-state index contributed by atoms with van der Waals surface area (Å²) in [5.74, 6) is 0.616. The summed E-state index contributed by atoms with van der Waals surface area (Å²) in [4.78, 5) is 20.9. The fourth-order valence-corrected chi connectivity index (χ4v) is 2.78. The van der Waals surface area contributed by atoms with Gasteiger partial charge in [-0.2, -0.15) is 0 Å². The van der Waals surface area contributed by atoms with Crippen LogP contribution in [0.4, 0.5) is 0 Å². The van der Waals surface area contributed by atoms with Crippen molar-refractivity contribution in [3.63, 3.8) is 0 Å². The van der Waals surface area contributed by atoms with Crippen LogP contribution >= 0.6 is 0 Å². The van der Waals surface area contributed by atoms with E-state index in [1.807, 2.05) is 25.3 Å². The van der Waals surface area contributed by atoms with Gasteiger partial charge in [0.2, 0.25) is 0 Å². The maximum Gasteiger partial charge on any atom is 0.251 e. The van der Waals surface area contributed by atoms with E-state index in [2.05, 4.69) is 15.3 Å². The molecule has 0 radical (unpaired) electrons. The average molecular weight is 297 g/mol. The maximum atomic E-state index is 12.5. The lowest BCUT2D eigenvalue weighted by Gasteiger charge is -2.25. The first-order valence-electron chi connectivity index (χ1n) is 7.60. The SMILES string of the molecule is CCOc1cccc(C(=O)N[C@H]2CCCc3ncncc32)c1. The van der Waals surface area contributed by atoms with Gasteiger partial charge in [0.1, 0.15) is 12.1 Å². The number of hydrogen-bond donors (Lipinski definition) is 1. The molecule has 1 aromatic heterocycles. The third-order valence-electron chi connectivity index (χ3n) is 3.82. The van der Waals surface area contributed by atoms with E-state index < -0.39 is 0 Å². The number of rotatable bonds is 4. The van der Waals surface area contributed by atoms with Gasteiger partial charge in [-0.1, -0.05) is 6.07 Å². The fraction of sp³-hybridized carbons (Fsp3) is 0.353. The first-order chi connectivity index (χ1) is 10.8. The van der Waals surface area contributed by atoms with Crippen LogP contribution in [-0.2, 0) is 6.42 Å². The van der Waals surface area contributed by atoms with E-state index in [-0.39, 0.29) is 11.9 Å². The Hall–Kier alpha value is -2.43. The zero-order valence-electron chi connectivity index (χ0n) is 12.6. The lowest BCUT2D eigenvalue weighted by atomic mass is 9.92. The van der Waals surface area contributed by atoms with Crippen LogP contribution in [0, 0.1) is 0 Å². The van der Waals surface area contributed by atoms with Gasteiger partial charge >= 0.3 is 0 Å². The number of hydrogen-bond acceptors (Lipinski definition) is 4. The summed E-state index contributed by atoms with van der Waals surface area (Å²) >= 11 is 0. The van der Waals surface area contributed by atoms with Crippen molar-refractivity contribution in [2.45, 2.75) is 32.2 Å². The van der Waals surface area contributed by atoms with Gasteiger partial charge in [-0.25, -0.2) is 9.97 Å². The van der Waals surface area contributed by atoms with Gasteiger partial charge in [0.05, 0.1) is 12.6 Å². The molecule has 1 atom stereocenters. The quantitative estimate of drug-likeness (QED) is 0.942. The standard InChI is InChI=1S/C17H19N3O2/c1-2-22-13-6-3-5-12(9-13)17(21)20-16-8-4-7-15-14(16)10-18-11-19-15/h3,5-6,9-11,16H,2,4,7-8H2,1H3,(H,20,21)/t16-/m0/s1. The van der Waals surface area contributed by atoms with Crippen molar-refractivity contribution >= 4 is 5.91 Å².